The molecule has 0 unspecified atom stereocenters. The fourth-order valence-electron chi connectivity index (χ4n) is 2.89. The lowest BCUT2D eigenvalue weighted by Crippen LogP contribution is -2.33. The molecule has 0 fully saturated rings. The number of carbonyl (C=O) groups is 1. The summed E-state index contributed by atoms with van der Waals surface area (Å²) in [7, 11) is 0. The fraction of sp³-hybridized carbons (Fsp3) is 0.182. The summed E-state index contributed by atoms with van der Waals surface area (Å²) >= 11 is 6.22. The third kappa shape index (κ3) is 5.57. The molecule has 1 amide bonds. The van der Waals surface area contributed by atoms with Gasteiger partial charge in [-0.05, 0) is 42.0 Å². The third-order valence-electron chi connectivity index (χ3n) is 4.41. The number of halogens is 4. The monoisotopic (exact) mass is 418 g/mol. The third-order valence-corrected chi connectivity index (χ3v) is 4.78. The van der Waals surface area contributed by atoms with E-state index < -0.39 is 17.6 Å². The molecule has 7 heteroatoms. The molecule has 0 saturated carbocycles. The van der Waals surface area contributed by atoms with Crippen molar-refractivity contribution >= 4 is 17.5 Å². The van der Waals surface area contributed by atoms with Gasteiger partial charge in [0.15, 0.2) is 0 Å². The molecule has 150 valence electrons. The minimum atomic E-state index is -4.52. The summed E-state index contributed by atoms with van der Waals surface area (Å²) in [5, 5.41) is 0.493. The van der Waals surface area contributed by atoms with Crippen LogP contribution in [0.4, 0.5) is 13.2 Å². The van der Waals surface area contributed by atoms with Crippen LogP contribution in [-0.2, 0) is 19.1 Å². The van der Waals surface area contributed by atoms with Crippen LogP contribution >= 0.6 is 11.6 Å². The number of nitrogens with zero attached hydrogens (tertiary/aromatic N) is 2. The molecule has 0 aliphatic rings. The number of pyridine rings is 1. The van der Waals surface area contributed by atoms with E-state index in [0.29, 0.717) is 11.4 Å². The Labute approximate surface area is 171 Å². The van der Waals surface area contributed by atoms with E-state index in [1.54, 1.807) is 36.5 Å². The zero-order valence-corrected chi connectivity index (χ0v) is 16.1. The SMILES string of the molecule is O=C(c1cccc(C(F)(F)F)c1)N(CCc1ccccn1)Cc1ccccc1Cl. The van der Waals surface area contributed by atoms with Gasteiger partial charge in [0.25, 0.3) is 5.91 Å². The summed E-state index contributed by atoms with van der Waals surface area (Å²) < 4.78 is 39.2. The zero-order valence-electron chi connectivity index (χ0n) is 15.4. The summed E-state index contributed by atoms with van der Waals surface area (Å²) in [5.74, 6) is -0.494. The highest BCUT2D eigenvalue weighted by atomic mass is 35.5. The average molecular weight is 419 g/mol. The lowest BCUT2D eigenvalue weighted by molar-refractivity contribution is -0.137. The first kappa shape index (κ1) is 20.9. The Bertz CT molecular complexity index is 977. The van der Waals surface area contributed by atoms with Gasteiger partial charge in [-0.3, -0.25) is 9.78 Å². The van der Waals surface area contributed by atoms with Crippen molar-refractivity contribution < 1.29 is 18.0 Å². The fourth-order valence-corrected chi connectivity index (χ4v) is 3.09. The Morgan fingerprint density at radius 1 is 1.00 bits per heavy atom. The van der Waals surface area contributed by atoms with Crippen LogP contribution < -0.4 is 0 Å². The predicted molar refractivity (Wildman–Crippen MR) is 106 cm³/mol. The summed E-state index contributed by atoms with van der Waals surface area (Å²) in [6.45, 7) is 0.471. The minimum absolute atomic E-state index is 0.0205. The molecule has 0 bridgehead atoms. The number of hydrogen-bond acceptors (Lipinski definition) is 2. The molecule has 0 atom stereocenters. The van der Waals surface area contributed by atoms with Gasteiger partial charge in [0.2, 0.25) is 0 Å². The largest absolute Gasteiger partial charge is 0.416 e. The average Bonchev–Trinajstić information content (AvgIpc) is 2.72. The molecule has 0 aliphatic carbocycles. The molecule has 1 heterocycles. The maximum absolute atomic E-state index is 13.1. The highest BCUT2D eigenvalue weighted by Gasteiger charge is 2.31. The molecule has 0 N–H and O–H groups in total. The van der Waals surface area contributed by atoms with Crippen LogP contribution in [0, 0.1) is 0 Å². The highest BCUT2D eigenvalue weighted by molar-refractivity contribution is 6.31. The van der Waals surface area contributed by atoms with Gasteiger partial charge < -0.3 is 4.90 Å². The number of aromatic nitrogens is 1. The van der Waals surface area contributed by atoms with Crippen molar-refractivity contribution in [2.24, 2.45) is 0 Å². The van der Waals surface area contributed by atoms with Gasteiger partial charge in [0, 0.05) is 42.0 Å². The van der Waals surface area contributed by atoms with E-state index in [1.165, 1.54) is 17.0 Å². The molecule has 3 rings (SSSR count). The van der Waals surface area contributed by atoms with Crippen molar-refractivity contribution in [1.29, 1.82) is 0 Å². The van der Waals surface area contributed by atoms with Crippen LogP contribution in [0.3, 0.4) is 0 Å². The van der Waals surface area contributed by atoms with Gasteiger partial charge in [-0.25, -0.2) is 0 Å². The maximum Gasteiger partial charge on any atom is 0.416 e. The maximum atomic E-state index is 13.1. The van der Waals surface area contributed by atoms with E-state index in [2.05, 4.69) is 4.98 Å². The first-order valence-corrected chi connectivity index (χ1v) is 9.32. The molecule has 1 aromatic heterocycles. The van der Waals surface area contributed by atoms with E-state index in [-0.39, 0.29) is 18.7 Å². The molecule has 2 aromatic carbocycles. The summed E-state index contributed by atoms with van der Waals surface area (Å²) in [5.41, 5.74) is 0.627. The van der Waals surface area contributed by atoms with Gasteiger partial charge in [-0.1, -0.05) is 41.9 Å². The van der Waals surface area contributed by atoms with Gasteiger partial charge in [0.1, 0.15) is 0 Å². The normalized spacial score (nSPS) is 11.3. The standard InChI is InChI=1S/C22H18ClF3N2O/c23-20-10-2-1-6-17(20)15-28(13-11-19-9-3-4-12-27-19)21(29)16-7-5-8-18(14-16)22(24,25)26/h1-10,12,14H,11,13,15H2. The van der Waals surface area contributed by atoms with E-state index in [9.17, 15) is 18.0 Å². The van der Waals surface area contributed by atoms with E-state index >= 15 is 0 Å². The van der Waals surface area contributed by atoms with E-state index in [1.807, 2.05) is 12.1 Å². The van der Waals surface area contributed by atoms with Crippen molar-refractivity contribution in [2.75, 3.05) is 6.54 Å². The van der Waals surface area contributed by atoms with Crippen molar-refractivity contribution in [3.63, 3.8) is 0 Å². The highest BCUT2D eigenvalue weighted by Crippen LogP contribution is 2.30. The number of alkyl halides is 3. The molecule has 3 aromatic rings. The van der Waals surface area contributed by atoms with Gasteiger partial charge in [0.05, 0.1) is 5.56 Å². The van der Waals surface area contributed by atoms with Gasteiger partial charge >= 0.3 is 6.18 Å². The number of amides is 1. The van der Waals surface area contributed by atoms with Gasteiger partial charge in [-0.2, -0.15) is 13.2 Å². The Balaban J connectivity index is 1.87. The van der Waals surface area contributed by atoms with E-state index in [0.717, 1.165) is 23.4 Å². The van der Waals surface area contributed by atoms with Gasteiger partial charge in [-0.15, -0.1) is 0 Å². The molecule has 0 spiro atoms. The van der Waals surface area contributed by atoms with Crippen molar-refractivity contribution in [2.45, 2.75) is 19.1 Å². The molecular weight excluding hydrogens is 401 g/mol. The smallest absolute Gasteiger partial charge is 0.334 e. The summed E-state index contributed by atoms with van der Waals surface area (Å²) in [6, 6.07) is 17.0. The number of hydrogen-bond donors (Lipinski definition) is 0. The first-order chi connectivity index (χ1) is 13.8. The van der Waals surface area contributed by atoms with Crippen molar-refractivity contribution in [1.82, 2.24) is 9.88 Å². The number of carbonyl (C=O) groups excluding carboxylic acids is 1. The predicted octanol–water partition coefficient (Wildman–Crippen LogP) is 5.64. The minimum Gasteiger partial charge on any atom is -0.334 e. The lowest BCUT2D eigenvalue weighted by Gasteiger charge is -2.24. The Kier molecular flexibility index (Phi) is 6.54. The second-order valence-electron chi connectivity index (χ2n) is 6.47. The zero-order chi connectivity index (χ0) is 20.9. The summed E-state index contributed by atoms with van der Waals surface area (Å²) in [6.07, 6.45) is -2.39. The first-order valence-electron chi connectivity index (χ1n) is 8.94. The van der Waals surface area contributed by atoms with Crippen molar-refractivity contribution in [3.8, 4) is 0 Å². The van der Waals surface area contributed by atoms with Crippen LogP contribution in [0.25, 0.3) is 0 Å². The van der Waals surface area contributed by atoms with Crippen LogP contribution in [0.2, 0.25) is 5.02 Å². The Morgan fingerprint density at radius 2 is 1.76 bits per heavy atom. The second-order valence-corrected chi connectivity index (χ2v) is 6.87. The van der Waals surface area contributed by atoms with Crippen LogP contribution in [0.5, 0.6) is 0 Å². The molecule has 29 heavy (non-hydrogen) atoms. The summed E-state index contributed by atoms with van der Waals surface area (Å²) in [4.78, 5) is 18.8. The van der Waals surface area contributed by atoms with Crippen molar-refractivity contribution in [3.05, 3.63) is 100 Å². The van der Waals surface area contributed by atoms with Crippen LogP contribution in [0.1, 0.15) is 27.2 Å². The molecule has 0 radical (unpaired) electrons. The Hall–Kier alpha value is -2.86. The Morgan fingerprint density at radius 3 is 2.45 bits per heavy atom. The topological polar surface area (TPSA) is 33.2 Å². The molecule has 0 saturated heterocycles. The number of rotatable bonds is 6. The van der Waals surface area contributed by atoms with Crippen LogP contribution in [0.15, 0.2) is 72.9 Å². The molecule has 3 nitrogen and oxygen atoms in total. The van der Waals surface area contributed by atoms with E-state index in [4.69, 9.17) is 11.6 Å². The number of benzene rings is 2. The van der Waals surface area contributed by atoms with Crippen LogP contribution in [-0.4, -0.2) is 22.3 Å². The lowest BCUT2D eigenvalue weighted by atomic mass is 10.1. The second kappa shape index (κ2) is 9.09. The quantitative estimate of drug-likeness (QED) is 0.519. The molecule has 0 aliphatic heterocycles. The molecular formula is C22H18ClF3N2O.